The van der Waals surface area contributed by atoms with Gasteiger partial charge in [0.1, 0.15) is 0 Å². The van der Waals surface area contributed by atoms with Crippen LogP contribution in [0.25, 0.3) is 0 Å². The molecule has 0 radical (unpaired) electrons. The fraction of sp³-hybridized carbons (Fsp3) is 0.478. The highest BCUT2D eigenvalue weighted by Gasteiger charge is 1.89. The van der Waals surface area contributed by atoms with Crippen LogP contribution < -0.4 is 0 Å². The van der Waals surface area contributed by atoms with Crippen LogP contribution in [0.1, 0.15) is 71.6 Å². The van der Waals surface area contributed by atoms with E-state index in [4.69, 9.17) is 0 Å². The van der Waals surface area contributed by atoms with Gasteiger partial charge in [-0.2, -0.15) is 0 Å². The van der Waals surface area contributed by atoms with Crippen LogP contribution in [0.2, 0.25) is 0 Å². The summed E-state index contributed by atoms with van der Waals surface area (Å²) in [6, 6.07) is 0. The normalized spacial score (nSPS) is 13.3. The van der Waals surface area contributed by atoms with E-state index in [-0.39, 0.29) is 0 Å². The summed E-state index contributed by atoms with van der Waals surface area (Å²) in [5, 5.41) is 0. The first-order valence-electron chi connectivity index (χ1n) is 9.36. The summed E-state index contributed by atoms with van der Waals surface area (Å²) >= 11 is 0. The van der Waals surface area contributed by atoms with Gasteiger partial charge in [-0.15, -0.1) is 0 Å². The molecule has 0 aliphatic rings. The summed E-state index contributed by atoms with van der Waals surface area (Å²) in [7, 11) is 0. The first-order valence-corrected chi connectivity index (χ1v) is 9.36. The molecule has 0 rings (SSSR count). The predicted molar refractivity (Wildman–Crippen MR) is 108 cm³/mol. The topological polar surface area (TPSA) is 0 Å². The standard InChI is InChI=1S/C23H36/c1-3-5-7-9-11-13-15-17-19-21-23-22-20-18-16-14-12-10-8-6-4-2/h3,5,7,9,11,13,15,17,19,21-23H,4,6,8,10,12,14,16,18,20H2,1-2H3. The SMILES string of the molecule is CC=CC=CC=CC=CC=CC=CCCCCCCCCCC. The van der Waals surface area contributed by atoms with Gasteiger partial charge in [0.15, 0.2) is 0 Å². The van der Waals surface area contributed by atoms with E-state index in [9.17, 15) is 0 Å². The van der Waals surface area contributed by atoms with Crippen molar-refractivity contribution >= 4 is 0 Å². The van der Waals surface area contributed by atoms with Crippen LogP contribution in [0.3, 0.4) is 0 Å². The van der Waals surface area contributed by atoms with Crippen molar-refractivity contribution in [2.45, 2.75) is 71.6 Å². The summed E-state index contributed by atoms with van der Waals surface area (Å²) in [5.74, 6) is 0. The molecule has 0 fully saturated rings. The van der Waals surface area contributed by atoms with E-state index in [1.165, 1.54) is 57.8 Å². The molecule has 0 aliphatic carbocycles. The molecule has 128 valence electrons. The number of unbranched alkanes of at least 4 members (excludes halogenated alkanes) is 8. The minimum absolute atomic E-state index is 1.21. The molecule has 0 N–H and O–H groups in total. The first kappa shape index (κ1) is 21.4. The highest BCUT2D eigenvalue weighted by Crippen LogP contribution is 2.09. The molecule has 0 saturated heterocycles. The fourth-order valence-electron chi connectivity index (χ4n) is 2.20. The summed E-state index contributed by atoms with van der Waals surface area (Å²) in [6.07, 6.45) is 37.2. The second kappa shape index (κ2) is 20.4. The Morgan fingerprint density at radius 3 is 1.43 bits per heavy atom. The summed E-state index contributed by atoms with van der Waals surface area (Å²) in [6.45, 7) is 4.29. The largest absolute Gasteiger partial charge is 0.0877 e. The molecular formula is C23H36. The van der Waals surface area contributed by atoms with Crippen molar-refractivity contribution in [1.82, 2.24) is 0 Å². The summed E-state index contributed by atoms with van der Waals surface area (Å²) in [4.78, 5) is 0. The van der Waals surface area contributed by atoms with Crippen molar-refractivity contribution in [2.24, 2.45) is 0 Å². The highest BCUT2D eigenvalue weighted by atomic mass is 14.0. The van der Waals surface area contributed by atoms with Gasteiger partial charge in [0.2, 0.25) is 0 Å². The van der Waals surface area contributed by atoms with Crippen molar-refractivity contribution < 1.29 is 0 Å². The fourth-order valence-corrected chi connectivity index (χ4v) is 2.20. The van der Waals surface area contributed by atoms with Gasteiger partial charge < -0.3 is 0 Å². The van der Waals surface area contributed by atoms with Gasteiger partial charge >= 0.3 is 0 Å². The van der Waals surface area contributed by atoms with Crippen molar-refractivity contribution in [3.8, 4) is 0 Å². The molecule has 0 aromatic heterocycles. The second-order valence-electron chi connectivity index (χ2n) is 5.76. The van der Waals surface area contributed by atoms with E-state index in [0.29, 0.717) is 0 Å². The minimum atomic E-state index is 1.21. The van der Waals surface area contributed by atoms with Gasteiger partial charge in [-0.25, -0.2) is 0 Å². The molecule has 0 aromatic carbocycles. The smallest absolute Gasteiger partial charge is 0.0348 e. The lowest BCUT2D eigenvalue weighted by molar-refractivity contribution is 0.577. The number of hydrogen-bond donors (Lipinski definition) is 0. The monoisotopic (exact) mass is 312 g/mol. The summed E-state index contributed by atoms with van der Waals surface area (Å²) < 4.78 is 0. The third-order valence-corrected chi connectivity index (χ3v) is 3.55. The van der Waals surface area contributed by atoms with Crippen LogP contribution in [-0.4, -0.2) is 0 Å². The molecule has 0 bridgehead atoms. The number of hydrogen-bond acceptors (Lipinski definition) is 0. The number of rotatable bonds is 14. The van der Waals surface area contributed by atoms with Crippen LogP contribution in [0, 0.1) is 0 Å². The van der Waals surface area contributed by atoms with Gasteiger partial charge in [0.05, 0.1) is 0 Å². The van der Waals surface area contributed by atoms with E-state index >= 15 is 0 Å². The van der Waals surface area contributed by atoms with Crippen LogP contribution in [0.4, 0.5) is 0 Å². The lowest BCUT2D eigenvalue weighted by Crippen LogP contribution is -1.79. The van der Waals surface area contributed by atoms with E-state index in [1.54, 1.807) is 0 Å². The third kappa shape index (κ3) is 20.4. The lowest BCUT2D eigenvalue weighted by Gasteiger charge is -1.99. The van der Waals surface area contributed by atoms with Gasteiger partial charge in [0.25, 0.3) is 0 Å². The Hall–Kier alpha value is -1.56. The molecule has 0 unspecified atom stereocenters. The Balaban J connectivity index is 3.45. The Morgan fingerprint density at radius 1 is 0.478 bits per heavy atom. The van der Waals surface area contributed by atoms with Crippen LogP contribution in [-0.2, 0) is 0 Å². The average Bonchev–Trinajstić information content (AvgIpc) is 2.57. The van der Waals surface area contributed by atoms with E-state index in [2.05, 4.69) is 37.3 Å². The van der Waals surface area contributed by atoms with E-state index in [0.717, 1.165) is 0 Å². The molecule has 0 nitrogen and oxygen atoms in total. The minimum Gasteiger partial charge on any atom is -0.0877 e. The zero-order valence-electron chi connectivity index (χ0n) is 15.3. The van der Waals surface area contributed by atoms with Crippen LogP contribution in [0.5, 0.6) is 0 Å². The average molecular weight is 313 g/mol. The molecule has 0 heterocycles. The second-order valence-corrected chi connectivity index (χ2v) is 5.76. The molecule has 0 heteroatoms. The molecular weight excluding hydrogens is 276 g/mol. The van der Waals surface area contributed by atoms with Crippen molar-refractivity contribution in [3.63, 3.8) is 0 Å². The molecule has 0 aromatic rings. The van der Waals surface area contributed by atoms with E-state index < -0.39 is 0 Å². The Bertz CT molecular complexity index is 388. The number of allylic oxidation sites excluding steroid dienone is 12. The lowest BCUT2D eigenvalue weighted by atomic mass is 10.1. The quantitative estimate of drug-likeness (QED) is 0.226. The maximum atomic E-state index is 2.27. The van der Waals surface area contributed by atoms with Gasteiger partial charge in [-0.1, -0.05) is 125 Å². The molecule has 23 heavy (non-hydrogen) atoms. The molecule has 0 amide bonds. The molecule has 0 saturated carbocycles. The maximum Gasteiger partial charge on any atom is -0.0348 e. The zero-order valence-corrected chi connectivity index (χ0v) is 15.3. The molecule has 0 spiro atoms. The summed E-state index contributed by atoms with van der Waals surface area (Å²) in [5.41, 5.74) is 0. The third-order valence-electron chi connectivity index (χ3n) is 3.55. The van der Waals surface area contributed by atoms with Gasteiger partial charge in [-0.3, -0.25) is 0 Å². The van der Waals surface area contributed by atoms with Gasteiger partial charge in [-0.05, 0) is 19.8 Å². The zero-order chi connectivity index (χ0) is 16.8. The highest BCUT2D eigenvalue weighted by molar-refractivity contribution is 5.19. The maximum absolute atomic E-state index is 2.27. The van der Waals surface area contributed by atoms with Crippen LogP contribution in [0.15, 0.2) is 72.9 Å². The Kier molecular flexibility index (Phi) is 19.1. The van der Waals surface area contributed by atoms with Crippen molar-refractivity contribution in [2.75, 3.05) is 0 Å². The van der Waals surface area contributed by atoms with Crippen molar-refractivity contribution in [3.05, 3.63) is 72.9 Å². The first-order chi connectivity index (χ1) is 11.4. The Labute approximate surface area is 145 Å². The predicted octanol–water partition coefficient (Wildman–Crippen LogP) is 7.87. The van der Waals surface area contributed by atoms with Crippen molar-refractivity contribution in [1.29, 1.82) is 0 Å². The molecule has 0 aliphatic heterocycles. The molecule has 0 atom stereocenters. The Morgan fingerprint density at radius 2 is 0.913 bits per heavy atom. The van der Waals surface area contributed by atoms with Gasteiger partial charge in [0, 0.05) is 0 Å². The van der Waals surface area contributed by atoms with Crippen LogP contribution >= 0.6 is 0 Å². The van der Waals surface area contributed by atoms with E-state index in [1.807, 2.05) is 49.5 Å².